The summed E-state index contributed by atoms with van der Waals surface area (Å²) in [7, 11) is 0. The van der Waals surface area contributed by atoms with Crippen LogP contribution < -0.4 is 10.6 Å². The van der Waals surface area contributed by atoms with Gasteiger partial charge in [0.25, 0.3) is 5.91 Å². The zero-order chi connectivity index (χ0) is 20.1. The highest BCUT2D eigenvalue weighted by atomic mass is 32.1. The number of thiophene rings is 1. The molecule has 0 aromatic carbocycles. The Bertz CT molecular complexity index is 780. The van der Waals surface area contributed by atoms with E-state index < -0.39 is 24.0 Å². The Hall–Kier alpha value is -1.89. The second-order valence-corrected chi connectivity index (χ2v) is 10.5. The van der Waals surface area contributed by atoms with Crippen LogP contribution in [0.4, 0.5) is 4.79 Å². The SMILES string of the molecule is Cc1cc(C(=O)O[C@H](C)C(=O)NC(=O)NC23CC4CC(CC(C4)C2)C3)c(C)s1. The molecule has 6 nitrogen and oxygen atoms in total. The molecule has 3 amide bonds. The summed E-state index contributed by atoms with van der Waals surface area (Å²) in [6, 6.07) is 1.28. The second kappa shape index (κ2) is 7.17. The van der Waals surface area contributed by atoms with Crippen LogP contribution in [0, 0.1) is 31.6 Å². The maximum atomic E-state index is 12.5. The van der Waals surface area contributed by atoms with E-state index in [0.29, 0.717) is 23.3 Å². The van der Waals surface area contributed by atoms with Crippen LogP contribution in [-0.4, -0.2) is 29.6 Å². The first kappa shape index (κ1) is 19.4. The highest BCUT2D eigenvalue weighted by molar-refractivity contribution is 7.12. The number of urea groups is 1. The van der Waals surface area contributed by atoms with Gasteiger partial charge in [-0.25, -0.2) is 9.59 Å². The fraction of sp³-hybridized carbons (Fsp3) is 0.667. The number of amides is 3. The van der Waals surface area contributed by atoms with Gasteiger partial charge in [-0.3, -0.25) is 10.1 Å². The number of rotatable bonds is 4. The summed E-state index contributed by atoms with van der Waals surface area (Å²) < 4.78 is 5.26. The number of carbonyl (C=O) groups is 3. The number of hydrogen-bond acceptors (Lipinski definition) is 5. The van der Waals surface area contributed by atoms with Crippen LogP contribution in [0.2, 0.25) is 0 Å². The Balaban J connectivity index is 1.31. The lowest BCUT2D eigenvalue weighted by molar-refractivity contribution is -0.128. The minimum Gasteiger partial charge on any atom is -0.449 e. The molecule has 28 heavy (non-hydrogen) atoms. The number of carbonyl (C=O) groups excluding carboxylic acids is 3. The summed E-state index contributed by atoms with van der Waals surface area (Å²) in [5.74, 6) is 0.990. The molecular weight excluding hydrogens is 376 g/mol. The van der Waals surface area contributed by atoms with Crippen molar-refractivity contribution in [3.05, 3.63) is 21.4 Å². The lowest BCUT2D eigenvalue weighted by Crippen LogP contribution is -2.62. The minimum absolute atomic E-state index is 0.162. The van der Waals surface area contributed by atoms with Crippen LogP contribution in [0.5, 0.6) is 0 Å². The van der Waals surface area contributed by atoms with Gasteiger partial charge < -0.3 is 10.1 Å². The van der Waals surface area contributed by atoms with Crippen LogP contribution in [0.1, 0.15) is 65.6 Å². The van der Waals surface area contributed by atoms with Crippen molar-refractivity contribution in [2.45, 2.75) is 70.9 Å². The molecule has 4 bridgehead atoms. The van der Waals surface area contributed by atoms with E-state index in [1.807, 2.05) is 13.8 Å². The quantitative estimate of drug-likeness (QED) is 0.750. The van der Waals surface area contributed by atoms with Crippen LogP contribution >= 0.6 is 11.3 Å². The number of hydrogen-bond donors (Lipinski definition) is 2. The van der Waals surface area contributed by atoms with E-state index in [0.717, 1.165) is 29.0 Å². The third-order valence-corrected chi connectivity index (χ3v) is 7.53. The number of nitrogens with one attached hydrogen (secondary N) is 2. The summed E-state index contributed by atoms with van der Waals surface area (Å²) in [6.45, 7) is 5.25. The van der Waals surface area contributed by atoms with Gasteiger partial charge >= 0.3 is 12.0 Å². The van der Waals surface area contributed by atoms with Gasteiger partial charge in [0, 0.05) is 15.3 Å². The molecule has 1 aromatic rings. The van der Waals surface area contributed by atoms with Crippen molar-refractivity contribution in [3.63, 3.8) is 0 Å². The number of esters is 1. The van der Waals surface area contributed by atoms with Crippen molar-refractivity contribution in [2.24, 2.45) is 17.8 Å². The Kier molecular flexibility index (Phi) is 4.98. The highest BCUT2D eigenvalue weighted by Crippen LogP contribution is 2.55. The highest BCUT2D eigenvalue weighted by Gasteiger charge is 2.51. The van der Waals surface area contributed by atoms with Gasteiger partial charge in [-0.15, -0.1) is 11.3 Å². The first-order valence-corrected chi connectivity index (χ1v) is 11.0. The van der Waals surface area contributed by atoms with E-state index in [-0.39, 0.29) is 5.54 Å². The number of imide groups is 1. The van der Waals surface area contributed by atoms with Gasteiger partial charge in [0.15, 0.2) is 6.10 Å². The van der Waals surface area contributed by atoms with E-state index in [4.69, 9.17) is 4.74 Å². The predicted molar refractivity (Wildman–Crippen MR) is 106 cm³/mol. The normalized spacial score (nSPS) is 31.3. The lowest BCUT2D eigenvalue weighted by atomic mass is 9.53. The van der Waals surface area contributed by atoms with Gasteiger partial charge in [0.2, 0.25) is 0 Å². The van der Waals surface area contributed by atoms with E-state index in [2.05, 4.69) is 10.6 Å². The molecule has 0 unspecified atom stereocenters. The molecule has 4 aliphatic rings. The Morgan fingerprint density at radius 1 is 1.11 bits per heavy atom. The van der Waals surface area contributed by atoms with Crippen molar-refractivity contribution in [1.82, 2.24) is 10.6 Å². The molecule has 152 valence electrons. The zero-order valence-corrected chi connectivity index (χ0v) is 17.5. The average Bonchev–Trinajstić information content (AvgIpc) is 2.91. The molecule has 0 spiro atoms. The summed E-state index contributed by atoms with van der Waals surface area (Å²) in [5.41, 5.74) is 0.310. The molecule has 4 saturated carbocycles. The molecule has 5 rings (SSSR count). The number of aryl methyl sites for hydroxylation is 2. The van der Waals surface area contributed by atoms with Crippen LogP contribution in [0.3, 0.4) is 0 Å². The molecule has 1 heterocycles. The average molecular weight is 405 g/mol. The first-order valence-electron chi connectivity index (χ1n) is 10.1. The summed E-state index contributed by atoms with van der Waals surface area (Å²) in [5, 5.41) is 5.47. The van der Waals surface area contributed by atoms with E-state index in [9.17, 15) is 14.4 Å². The zero-order valence-electron chi connectivity index (χ0n) is 16.7. The Labute approximate surface area is 169 Å². The van der Waals surface area contributed by atoms with Gasteiger partial charge in [0.05, 0.1) is 5.56 Å². The Morgan fingerprint density at radius 2 is 1.68 bits per heavy atom. The monoisotopic (exact) mass is 404 g/mol. The minimum atomic E-state index is -1.03. The fourth-order valence-electron chi connectivity index (χ4n) is 5.86. The van der Waals surface area contributed by atoms with Gasteiger partial charge in [0.1, 0.15) is 0 Å². The van der Waals surface area contributed by atoms with Crippen LogP contribution in [0.25, 0.3) is 0 Å². The predicted octanol–water partition coefficient (Wildman–Crippen LogP) is 3.70. The fourth-order valence-corrected chi connectivity index (χ4v) is 6.77. The third-order valence-electron chi connectivity index (χ3n) is 6.57. The molecule has 1 aromatic heterocycles. The van der Waals surface area contributed by atoms with Crippen molar-refractivity contribution >= 4 is 29.2 Å². The molecule has 4 aliphatic carbocycles. The van der Waals surface area contributed by atoms with Crippen molar-refractivity contribution in [2.75, 3.05) is 0 Å². The lowest BCUT2D eigenvalue weighted by Gasteiger charge is -2.56. The molecule has 4 fully saturated rings. The Morgan fingerprint density at radius 3 is 2.18 bits per heavy atom. The molecule has 1 atom stereocenters. The van der Waals surface area contributed by atoms with Gasteiger partial charge in [-0.1, -0.05) is 0 Å². The van der Waals surface area contributed by atoms with Gasteiger partial charge in [-0.05, 0) is 83.1 Å². The van der Waals surface area contributed by atoms with Crippen molar-refractivity contribution in [3.8, 4) is 0 Å². The van der Waals surface area contributed by atoms with E-state index >= 15 is 0 Å². The summed E-state index contributed by atoms with van der Waals surface area (Å²) in [6.07, 6.45) is 5.88. The number of ether oxygens (including phenoxy) is 1. The largest absolute Gasteiger partial charge is 0.449 e. The molecule has 2 N–H and O–H groups in total. The maximum Gasteiger partial charge on any atom is 0.340 e. The van der Waals surface area contributed by atoms with Crippen LogP contribution in [0.15, 0.2) is 6.07 Å². The second-order valence-electron chi connectivity index (χ2n) is 9.02. The van der Waals surface area contributed by atoms with E-state index in [1.54, 1.807) is 6.07 Å². The van der Waals surface area contributed by atoms with Crippen molar-refractivity contribution in [1.29, 1.82) is 0 Å². The summed E-state index contributed by atoms with van der Waals surface area (Å²) in [4.78, 5) is 39.0. The van der Waals surface area contributed by atoms with Gasteiger partial charge in [-0.2, -0.15) is 0 Å². The van der Waals surface area contributed by atoms with E-state index in [1.165, 1.54) is 37.5 Å². The van der Waals surface area contributed by atoms with Crippen LogP contribution in [-0.2, 0) is 9.53 Å². The standard InChI is InChI=1S/C21H28N2O4S/c1-11-4-17(13(3)28-11)19(25)27-12(2)18(24)22-20(26)23-21-8-14-5-15(9-21)7-16(6-14)10-21/h4,12,14-16H,5-10H2,1-3H3,(H2,22,23,24,26)/t12-,14?,15?,16?,21?/m1/s1. The molecule has 0 aliphatic heterocycles. The molecular formula is C21H28N2O4S. The van der Waals surface area contributed by atoms with Crippen molar-refractivity contribution < 1.29 is 19.1 Å². The molecule has 7 heteroatoms. The smallest absolute Gasteiger partial charge is 0.340 e. The molecule has 0 radical (unpaired) electrons. The first-order chi connectivity index (χ1) is 13.2. The summed E-state index contributed by atoms with van der Waals surface area (Å²) >= 11 is 1.51. The molecule has 0 saturated heterocycles. The topological polar surface area (TPSA) is 84.5 Å². The third kappa shape index (κ3) is 3.81. The maximum absolute atomic E-state index is 12.5.